The maximum atomic E-state index is 12.9. The number of rotatable bonds is 4. The number of pyridine rings is 2. The Bertz CT molecular complexity index is 1630. The molecule has 7 heteroatoms. The fraction of sp³-hybridized carbons (Fsp3) is 0.290. The first kappa shape index (κ1) is 25.2. The van der Waals surface area contributed by atoms with Crippen molar-refractivity contribution in [1.29, 1.82) is 10.5 Å². The summed E-state index contributed by atoms with van der Waals surface area (Å²) >= 11 is 0. The zero-order valence-electron chi connectivity index (χ0n) is 22.1. The summed E-state index contributed by atoms with van der Waals surface area (Å²) in [5.41, 5.74) is 6.57. The molecule has 0 saturated carbocycles. The van der Waals surface area contributed by atoms with Crippen molar-refractivity contribution in [2.45, 2.75) is 38.9 Å². The van der Waals surface area contributed by atoms with Crippen molar-refractivity contribution in [2.24, 2.45) is 7.05 Å². The highest BCUT2D eigenvalue weighted by Gasteiger charge is 2.36. The Morgan fingerprint density at radius 3 is 2.18 bits per heavy atom. The van der Waals surface area contributed by atoms with Gasteiger partial charge in [-0.25, -0.2) is 4.98 Å². The molecule has 2 aromatic heterocycles. The van der Waals surface area contributed by atoms with Gasteiger partial charge in [0.2, 0.25) is 0 Å². The second-order valence-corrected chi connectivity index (χ2v) is 10.2. The molecule has 0 aliphatic carbocycles. The number of benzene rings is 2. The maximum Gasteiger partial charge on any atom is 0.252 e. The topological polar surface area (TPSA) is 89.0 Å². The van der Waals surface area contributed by atoms with Crippen molar-refractivity contribution in [2.75, 3.05) is 18.0 Å². The molecule has 1 fully saturated rings. The third-order valence-electron chi connectivity index (χ3n) is 7.61. The molecule has 3 atom stereocenters. The van der Waals surface area contributed by atoms with Crippen molar-refractivity contribution in [3.05, 3.63) is 105 Å². The van der Waals surface area contributed by atoms with Crippen LogP contribution in [0.5, 0.6) is 0 Å². The van der Waals surface area contributed by atoms with Crippen LogP contribution < -0.4 is 10.5 Å². The zero-order valence-corrected chi connectivity index (χ0v) is 22.1. The molecular formula is C31H30N6O. The van der Waals surface area contributed by atoms with Gasteiger partial charge >= 0.3 is 0 Å². The third-order valence-corrected chi connectivity index (χ3v) is 7.61. The maximum absolute atomic E-state index is 12.9. The van der Waals surface area contributed by atoms with Crippen LogP contribution in [0.4, 0.5) is 5.69 Å². The highest BCUT2D eigenvalue weighted by molar-refractivity contribution is 5.89. The summed E-state index contributed by atoms with van der Waals surface area (Å²) < 4.78 is 1.58. The summed E-state index contributed by atoms with van der Waals surface area (Å²) in [6, 6.07) is 26.2. The summed E-state index contributed by atoms with van der Waals surface area (Å²) in [7, 11) is 1.73. The van der Waals surface area contributed by atoms with Crippen LogP contribution >= 0.6 is 0 Å². The van der Waals surface area contributed by atoms with Crippen molar-refractivity contribution in [1.82, 2.24) is 14.5 Å². The molecule has 0 bridgehead atoms. The third kappa shape index (κ3) is 4.53. The molecule has 190 valence electrons. The fourth-order valence-electron chi connectivity index (χ4n) is 5.51. The monoisotopic (exact) mass is 502 g/mol. The molecule has 0 amide bonds. The average Bonchev–Trinajstić information content (AvgIpc) is 2.93. The van der Waals surface area contributed by atoms with E-state index in [1.54, 1.807) is 29.8 Å². The highest BCUT2D eigenvalue weighted by Crippen LogP contribution is 2.36. The largest absolute Gasteiger partial charge is 0.364 e. The predicted molar refractivity (Wildman–Crippen MR) is 149 cm³/mol. The number of hydrogen-bond donors (Lipinski definition) is 0. The average molecular weight is 503 g/mol. The lowest BCUT2D eigenvalue weighted by Crippen LogP contribution is -2.57. The van der Waals surface area contributed by atoms with Crippen LogP contribution in [0, 0.1) is 29.6 Å². The van der Waals surface area contributed by atoms with Crippen LogP contribution in [0.3, 0.4) is 0 Å². The Morgan fingerprint density at radius 2 is 1.55 bits per heavy atom. The molecule has 1 aliphatic heterocycles. The van der Waals surface area contributed by atoms with E-state index in [2.05, 4.69) is 84.1 Å². The minimum Gasteiger partial charge on any atom is -0.364 e. The van der Waals surface area contributed by atoms with Gasteiger partial charge in [0, 0.05) is 38.3 Å². The molecule has 4 aromatic rings. The normalized spacial score (nSPS) is 18.6. The van der Waals surface area contributed by atoms with E-state index in [0.717, 1.165) is 17.8 Å². The zero-order chi connectivity index (χ0) is 27.0. The number of nitriles is 2. The molecule has 3 heterocycles. The molecule has 1 unspecified atom stereocenters. The van der Waals surface area contributed by atoms with Gasteiger partial charge in [0.25, 0.3) is 5.56 Å². The van der Waals surface area contributed by atoms with Crippen molar-refractivity contribution in [3.63, 3.8) is 0 Å². The van der Waals surface area contributed by atoms with E-state index in [0.29, 0.717) is 28.8 Å². The Morgan fingerprint density at radius 1 is 0.895 bits per heavy atom. The molecule has 5 rings (SSSR count). The second-order valence-electron chi connectivity index (χ2n) is 10.2. The van der Waals surface area contributed by atoms with Crippen LogP contribution in [0.25, 0.3) is 11.0 Å². The molecule has 1 saturated heterocycles. The molecule has 1 aliphatic rings. The lowest BCUT2D eigenvalue weighted by atomic mass is 9.92. The fourth-order valence-corrected chi connectivity index (χ4v) is 5.51. The summed E-state index contributed by atoms with van der Waals surface area (Å²) in [6.07, 6.45) is 0. The standard InChI is InChI=1S/C31H30N6O/c1-20-5-9-24(10-6-20)31(25-11-7-23(16-32)8-12-25)37-19-21(2)36(18-22(37)3)28-15-29(38)35(4)27-14-13-26(17-33)34-30(27)28/h5-15,21-22,31H,18-19H2,1-4H3/t21-,22+,31?/m0/s1. The van der Waals surface area contributed by atoms with E-state index in [-0.39, 0.29) is 23.7 Å². The minimum absolute atomic E-state index is 0.0200. The number of aryl methyl sites for hydroxylation is 2. The Kier molecular flexibility index (Phi) is 6.72. The van der Waals surface area contributed by atoms with Crippen molar-refractivity contribution < 1.29 is 0 Å². The second kappa shape index (κ2) is 10.1. The number of hydrogen-bond acceptors (Lipinski definition) is 6. The van der Waals surface area contributed by atoms with Crippen LogP contribution in [-0.2, 0) is 7.05 Å². The number of piperazine rings is 1. The van der Waals surface area contributed by atoms with Gasteiger partial charge in [0.15, 0.2) is 0 Å². The quantitative estimate of drug-likeness (QED) is 0.403. The van der Waals surface area contributed by atoms with Gasteiger partial charge in [-0.15, -0.1) is 0 Å². The van der Waals surface area contributed by atoms with Gasteiger partial charge in [-0.05, 0) is 56.2 Å². The first-order valence-electron chi connectivity index (χ1n) is 12.8. The van der Waals surface area contributed by atoms with Gasteiger partial charge in [-0.1, -0.05) is 42.0 Å². The van der Waals surface area contributed by atoms with Gasteiger partial charge in [0.05, 0.1) is 28.9 Å². The van der Waals surface area contributed by atoms with Crippen molar-refractivity contribution in [3.8, 4) is 12.1 Å². The lowest BCUT2D eigenvalue weighted by Gasteiger charge is -2.48. The van der Waals surface area contributed by atoms with E-state index >= 15 is 0 Å². The number of aromatic nitrogens is 2. The minimum atomic E-state index is -0.101. The first-order valence-corrected chi connectivity index (χ1v) is 12.8. The lowest BCUT2D eigenvalue weighted by molar-refractivity contribution is 0.130. The number of anilines is 1. The summed E-state index contributed by atoms with van der Waals surface area (Å²) in [6.45, 7) is 7.92. The molecule has 0 radical (unpaired) electrons. The van der Waals surface area contributed by atoms with Crippen LogP contribution in [-0.4, -0.2) is 39.6 Å². The molecule has 7 nitrogen and oxygen atoms in total. The predicted octanol–water partition coefficient (Wildman–Crippen LogP) is 4.67. The van der Waals surface area contributed by atoms with Crippen molar-refractivity contribution >= 4 is 16.7 Å². The van der Waals surface area contributed by atoms with Gasteiger partial charge in [-0.3, -0.25) is 9.69 Å². The van der Waals surface area contributed by atoms with E-state index < -0.39 is 0 Å². The van der Waals surface area contributed by atoms with Crippen LogP contribution in [0.2, 0.25) is 0 Å². The molecular weight excluding hydrogens is 472 g/mol. The van der Waals surface area contributed by atoms with E-state index in [1.165, 1.54) is 11.1 Å². The highest BCUT2D eigenvalue weighted by atomic mass is 16.1. The van der Waals surface area contributed by atoms with E-state index in [9.17, 15) is 15.3 Å². The molecule has 38 heavy (non-hydrogen) atoms. The Labute approximate surface area is 222 Å². The van der Waals surface area contributed by atoms with Gasteiger partial charge < -0.3 is 9.47 Å². The summed E-state index contributed by atoms with van der Waals surface area (Å²) in [5.74, 6) is 0. The number of nitrogens with zero attached hydrogens (tertiary/aromatic N) is 6. The van der Waals surface area contributed by atoms with Gasteiger partial charge in [0.1, 0.15) is 17.3 Å². The first-order chi connectivity index (χ1) is 18.3. The van der Waals surface area contributed by atoms with E-state index in [4.69, 9.17) is 0 Å². The molecule has 0 spiro atoms. The van der Waals surface area contributed by atoms with Crippen LogP contribution in [0.1, 0.15) is 47.8 Å². The Hall–Kier alpha value is -4.46. The SMILES string of the molecule is Cc1ccc(C(c2ccc(C#N)cc2)N2C[C@H](C)N(c3cc(=O)n(C)c4ccc(C#N)nc34)C[C@H]2C)cc1. The van der Waals surface area contributed by atoms with Crippen LogP contribution in [0.15, 0.2) is 71.5 Å². The summed E-state index contributed by atoms with van der Waals surface area (Å²) in [4.78, 5) is 22.2. The van der Waals surface area contributed by atoms with Gasteiger partial charge in [-0.2, -0.15) is 10.5 Å². The number of fused-ring (bicyclic) bond motifs is 1. The van der Waals surface area contributed by atoms with E-state index in [1.807, 2.05) is 12.1 Å². The summed E-state index contributed by atoms with van der Waals surface area (Å²) in [5, 5.41) is 18.8. The smallest absolute Gasteiger partial charge is 0.252 e. The molecule has 2 aromatic carbocycles. The Balaban J connectivity index is 1.55. The molecule has 0 N–H and O–H groups in total.